The van der Waals surface area contributed by atoms with Crippen LogP contribution < -0.4 is 4.74 Å². The zero-order chi connectivity index (χ0) is 22.1. The minimum absolute atomic E-state index is 0.166. The first-order valence-electron chi connectivity index (χ1n) is 11.6. The number of ether oxygens (including phenoxy) is 1. The van der Waals surface area contributed by atoms with Crippen molar-refractivity contribution in [3.63, 3.8) is 0 Å². The summed E-state index contributed by atoms with van der Waals surface area (Å²) in [5, 5.41) is 8.80. The molecule has 0 heterocycles. The highest BCUT2D eigenvalue weighted by Gasteiger charge is 2.22. The van der Waals surface area contributed by atoms with E-state index < -0.39 is 11.8 Å². The number of esters is 1. The van der Waals surface area contributed by atoms with Crippen LogP contribution in [0.1, 0.15) is 98.5 Å². The van der Waals surface area contributed by atoms with Crippen LogP contribution in [0.3, 0.4) is 0 Å². The third-order valence-corrected chi connectivity index (χ3v) is 6.44. The Kier molecular flexibility index (Phi) is 8.64. The van der Waals surface area contributed by atoms with E-state index in [0.717, 1.165) is 12.0 Å². The van der Waals surface area contributed by atoms with Crippen molar-refractivity contribution < 1.29 is 13.9 Å². The second kappa shape index (κ2) is 11.6. The van der Waals surface area contributed by atoms with Gasteiger partial charge in [0.2, 0.25) is 0 Å². The maximum atomic E-state index is 14.0. The standard InChI is InChI=1S/C27H32FNO2/c1-2-3-4-5-6-7-20-8-11-22(12-9-20)23-13-15-24(16-14-23)27(30)31-26-17-10-21(19-29)18-25(26)28/h10,13-18,20,22H,2-9,11-12H2,1H3. The van der Waals surface area contributed by atoms with Crippen LogP contribution in [-0.4, -0.2) is 5.97 Å². The van der Waals surface area contributed by atoms with E-state index in [-0.39, 0.29) is 11.3 Å². The van der Waals surface area contributed by atoms with Gasteiger partial charge >= 0.3 is 5.97 Å². The molecule has 0 radical (unpaired) electrons. The van der Waals surface area contributed by atoms with Crippen LogP contribution in [0.5, 0.6) is 5.75 Å². The van der Waals surface area contributed by atoms with Gasteiger partial charge in [-0.25, -0.2) is 9.18 Å². The fourth-order valence-electron chi connectivity index (χ4n) is 4.52. The van der Waals surface area contributed by atoms with Crippen LogP contribution in [0, 0.1) is 23.1 Å². The molecule has 0 saturated heterocycles. The first-order chi connectivity index (χ1) is 15.1. The molecule has 1 saturated carbocycles. The van der Waals surface area contributed by atoms with E-state index in [1.807, 2.05) is 18.2 Å². The number of nitriles is 1. The Balaban J connectivity index is 1.48. The molecule has 0 N–H and O–H groups in total. The molecule has 31 heavy (non-hydrogen) atoms. The summed E-state index contributed by atoms with van der Waals surface area (Å²) >= 11 is 0. The fraction of sp³-hybridized carbons (Fsp3) is 0.481. The molecule has 3 rings (SSSR count). The van der Waals surface area contributed by atoms with Crippen molar-refractivity contribution in [3.8, 4) is 11.8 Å². The number of unbranched alkanes of at least 4 members (excludes halogenated alkanes) is 4. The highest BCUT2D eigenvalue weighted by atomic mass is 19.1. The third kappa shape index (κ3) is 6.66. The van der Waals surface area contributed by atoms with Gasteiger partial charge in [-0.1, -0.05) is 57.6 Å². The first kappa shape index (κ1) is 23.0. The molecule has 0 aromatic heterocycles. The monoisotopic (exact) mass is 421 g/mol. The Morgan fingerprint density at radius 1 is 1.03 bits per heavy atom. The van der Waals surface area contributed by atoms with Gasteiger partial charge in [-0.3, -0.25) is 0 Å². The van der Waals surface area contributed by atoms with Gasteiger partial charge in [-0.15, -0.1) is 0 Å². The summed E-state index contributed by atoms with van der Waals surface area (Å²) in [7, 11) is 0. The molecule has 0 amide bonds. The SMILES string of the molecule is CCCCCCCC1CCC(c2ccc(C(=O)Oc3ccc(C#N)cc3F)cc2)CC1. The van der Waals surface area contributed by atoms with Gasteiger partial charge in [0.25, 0.3) is 0 Å². The van der Waals surface area contributed by atoms with Crippen LogP contribution in [0.25, 0.3) is 0 Å². The summed E-state index contributed by atoms with van der Waals surface area (Å²) in [5.41, 5.74) is 1.85. The number of benzene rings is 2. The quantitative estimate of drug-likeness (QED) is 0.238. The zero-order valence-electron chi connectivity index (χ0n) is 18.4. The van der Waals surface area contributed by atoms with Gasteiger partial charge in [-0.2, -0.15) is 5.26 Å². The van der Waals surface area contributed by atoms with Crippen molar-refractivity contribution in [2.45, 2.75) is 77.0 Å². The van der Waals surface area contributed by atoms with Crippen molar-refractivity contribution in [1.82, 2.24) is 0 Å². The second-order valence-corrected chi connectivity index (χ2v) is 8.69. The highest BCUT2D eigenvalue weighted by Crippen LogP contribution is 2.37. The van der Waals surface area contributed by atoms with Crippen LogP contribution in [-0.2, 0) is 0 Å². The van der Waals surface area contributed by atoms with Crippen molar-refractivity contribution in [1.29, 1.82) is 5.26 Å². The number of carbonyl (C=O) groups excluding carboxylic acids is 1. The molecular weight excluding hydrogens is 389 g/mol. The maximum absolute atomic E-state index is 14.0. The van der Waals surface area contributed by atoms with E-state index in [1.165, 1.54) is 81.9 Å². The highest BCUT2D eigenvalue weighted by molar-refractivity contribution is 5.91. The summed E-state index contributed by atoms with van der Waals surface area (Å²) in [4.78, 5) is 12.4. The van der Waals surface area contributed by atoms with Gasteiger partial charge in [-0.05, 0) is 73.4 Å². The van der Waals surface area contributed by atoms with Gasteiger partial charge in [0, 0.05) is 0 Å². The average Bonchev–Trinajstić information content (AvgIpc) is 2.80. The molecule has 164 valence electrons. The molecule has 0 unspecified atom stereocenters. The number of nitrogens with zero attached hydrogens (tertiary/aromatic N) is 1. The Hall–Kier alpha value is -2.67. The lowest BCUT2D eigenvalue weighted by atomic mass is 9.77. The largest absolute Gasteiger partial charge is 0.420 e. The van der Waals surface area contributed by atoms with Gasteiger partial charge < -0.3 is 4.74 Å². The summed E-state index contributed by atoms with van der Waals surface area (Å²) in [6.07, 6.45) is 13.1. The van der Waals surface area contributed by atoms with Crippen molar-refractivity contribution in [2.75, 3.05) is 0 Å². The smallest absolute Gasteiger partial charge is 0.343 e. The van der Waals surface area contributed by atoms with Crippen LogP contribution in [0.4, 0.5) is 4.39 Å². The minimum Gasteiger partial charge on any atom is -0.420 e. The molecule has 4 heteroatoms. The normalized spacial score (nSPS) is 18.4. The minimum atomic E-state index is -0.717. The van der Waals surface area contributed by atoms with E-state index in [2.05, 4.69) is 6.92 Å². The molecule has 1 aliphatic rings. The fourth-order valence-corrected chi connectivity index (χ4v) is 4.52. The summed E-state index contributed by atoms with van der Waals surface area (Å²) in [5.74, 6) is -0.0546. The van der Waals surface area contributed by atoms with Crippen LogP contribution in [0.15, 0.2) is 42.5 Å². The number of halogens is 1. The van der Waals surface area contributed by atoms with Gasteiger partial charge in [0.05, 0.1) is 17.2 Å². The van der Waals surface area contributed by atoms with Crippen LogP contribution in [0.2, 0.25) is 0 Å². The van der Waals surface area contributed by atoms with E-state index in [4.69, 9.17) is 10.00 Å². The molecule has 2 aromatic rings. The predicted octanol–water partition coefficient (Wildman–Crippen LogP) is 7.55. The average molecular weight is 422 g/mol. The lowest BCUT2D eigenvalue weighted by molar-refractivity contribution is 0.0728. The van der Waals surface area contributed by atoms with E-state index in [9.17, 15) is 9.18 Å². The molecule has 1 fully saturated rings. The molecule has 0 atom stereocenters. The molecule has 3 nitrogen and oxygen atoms in total. The molecule has 0 spiro atoms. The molecule has 0 aliphatic heterocycles. The van der Waals surface area contributed by atoms with Crippen molar-refractivity contribution in [3.05, 3.63) is 65.0 Å². The summed E-state index contributed by atoms with van der Waals surface area (Å²) in [6.45, 7) is 2.26. The molecule has 2 aromatic carbocycles. The molecule has 0 bridgehead atoms. The Morgan fingerprint density at radius 2 is 1.74 bits per heavy atom. The number of rotatable bonds is 9. The van der Waals surface area contributed by atoms with Gasteiger partial charge in [0.1, 0.15) is 0 Å². The second-order valence-electron chi connectivity index (χ2n) is 8.69. The Morgan fingerprint density at radius 3 is 2.39 bits per heavy atom. The number of carbonyl (C=O) groups is 1. The predicted molar refractivity (Wildman–Crippen MR) is 121 cm³/mol. The first-order valence-corrected chi connectivity index (χ1v) is 11.6. The van der Waals surface area contributed by atoms with Crippen molar-refractivity contribution in [2.24, 2.45) is 5.92 Å². The van der Waals surface area contributed by atoms with Crippen molar-refractivity contribution >= 4 is 5.97 Å². The topological polar surface area (TPSA) is 50.1 Å². The van der Waals surface area contributed by atoms with E-state index in [1.54, 1.807) is 12.1 Å². The van der Waals surface area contributed by atoms with Crippen LogP contribution >= 0.6 is 0 Å². The number of hydrogen-bond donors (Lipinski definition) is 0. The summed E-state index contributed by atoms with van der Waals surface area (Å²) in [6, 6.07) is 13.2. The third-order valence-electron chi connectivity index (χ3n) is 6.44. The Bertz CT molecular complexity index is 892. The van der Waals surface area contributed by atoms with E-state index >= 15 is 0 Å². The summed E-state index contributed by atoms with van der Waals surface area (Å²) < 4.78 is 19.1. The lowest BCUT2D eigenvalue weighted by Gasteiger charge is -2.29. The number of hydrogen-bond acceptors (Lipinski definition) is 3. The molecule has 1 aliphatic carbocycles. The maximum Gasteiger partial charge on any atom is 0.343 e. The van der Waals surface area contributed by atoms with Gasteiger partial charge in [0.15, 0.2) is 11.6 Å². The van der Waals surface area contributed by atoms with E-state index in [0.29, 0.717) is 11.5 Å². The Labute approximate surface area is 185 Å². The lowest BCUT2D eigenvalue weighted by Crippen LogP contribution is -2.14. The zero-order valence-corrected chi connectivity index (χ0v) is 18.4. The molecular formula is C27H32FNO2.